The SMILES string of the molecule is CC[C@H](C)C(NC(=O)OC(C)(C)C)C(=O)O[C@H](CCCOC)CC(=O)O. The summed E-state index contributed by atoms with van der Waals surface area (Å²) in [5.41, 5.74) is -0.694. The van der Waals surface area contributed by atoms with E-state index in [-0.39, 0.29) is 12.3 Å². The molecule has 0 rings (SSSR count). The molecule has 1 amide bonds. The Hall–Kier alpha value is -1.83. The third-order valence-corrected chi connectivity index (χ3v) is 3.70. The van der Waals surface area contributed by atoms with Crippen LogP contribution in [-0.4, -0.2) is 54.6 Å². The fraction of sp³-hybridized carbons (Fsp3) is 0.833. The van der Waals surface area contributed by atoms with Gasteiger partial charge in [0.1, 0.15) is 17.7 Å². The van der Waals surface area contributed by atoms with Gasteiger partial charge in [-0.05, 0) is 39.5 Å². The third kappa shape index (κ3) is 10.9. The highest BCUT2D eigenvalue weighted by Crippen LogP contribution is 2.15. The molecule has 0 aromatic carbocycles. The summed E-state index contributed by atoms with van der Waals surface area (Å²) in [6.45, 7) is 9.31. The van der Waals surface area contributed by atoms with Gasteiger partial charge in [0.2, 0.25) is 0 Å². The minimum Gasteiger partial charge on any atom is -0.481 e. The van der Waals surface area contributed by atoms with E-state index in [1.54, 1.807) is 34.8 Å². The standard InChI is InChI=1S/C18H33NO7/c1-7-12(2)15(19-17(23)26-18(3,4)5)16(22)25-13(11-14(20)21)9-8-10-24-6/h12-13,15H,7-11H2,1-6H3,(H,19,23)(H,20,21)/t12-,13+,15?/m0/s1. The molecule has 0 radical (unpaired) electrons. The summed E-state index contributed by atoms with van der Waals surface area (Å²) in [6.07, 6.45) is -0.227. The lowest BCUT2D eigenvalue weighted by molar-refractivity contribution is -0.156. The first kappa shape index (κ1) is 24.2. The largest absolute Gasteiger partial charge is 0.481 e. The maximum Gasteiger partial charge on any atom is 0.408 e. The molecule has 0 aliphatic heterocycles. The van der Waals surface area contributed by atoms with Crippen molar-refractivity contribution in [1.29, 1.82) is 0 Å². The van der Waals surface area contributed by atoms with Crippen LogP contribution in [0.15, 0.2) is 0 Å². The minimum absolute atomic E-state index is 0.195. The number of carboxylic acids is 1. The average molecular weight is 375 g/mol. The lowest BCUT2D eigenvalue weighted by atomic mass is 9.99. The number of carboxylic acid groups (broad SMARTS) is 1. The number of hydrogen-bond acceptors (Lipinski definition) is 6. The molecule has 0 bridgehead atoms. The lowest BCUT2D eigenvalue weighted by Crippen LogP contribution is -2.48. The van der Waals surface area contributed by atoms with Crippen molar-refractivity contribution < 1.29 is 33.7 Å². The number of alkyl carbamates (subject to hydrolysis) is 1. The molecule has 2 N–H and O–H groups in total. The number of esters is 1. The van der Waals surface area contributed by atoms with Crippen molar-refractivity contribution in [2.45, 2.75) is 78.0 Å². The van der Waals surface area contributed by atoms with Crippen LogP contribution in [-0.2, 0) is 23.8 Å². The maximum atomic E-state index is 12.6. The molecule has 8 heteroatoms. The number of ether oxygens (including phenoxy) is 3. The van der Waals surface area contributed by atoms with Gasteiger partial charge in [0.15, 0.2) is 0 Å². The first-order valence-corrected chi connectivity index (χ1v) is 8.90. The van der Waals surface area contributed by atoms with E-state index in [9.17, 15) is 14.4 Å². The van der Waals surface area contributed by atoms with Crippen LogP contribution in [0.4, 0.5) is 4.79 Å². The summed E-state index contributed by atoms with van der Waals surface area (Å²) < 4.78 is 15.5. The molecule has 3 atom stereocenters. The van der Waals surface area contributed by atoms with Crippen molar-refractivity contribution >= 4 is 18.0 Å². The second-order valence-electron chi connectivity index (χ2n) is 7.30. The van der Waals surface area contributed by atoms with Crippen molar-refractivity contribution in [2.24, 2.45) is 5.92 Å². The number of carbonyl (C=O) groups excluding carboxylic acids is 2. The summed E-state index contributed by atoms with van der Waals surface area (Å²) in [5.74, 6) is -1.91. The molecule has 8 nitrogen and oxygen atoms in total. The highest BCUT2D eigenvalue weighted by Gasteiger charge is 2.31. The van der Waals surface area contributed by atoms with E-state index in [0.29, 0.717) is 25.9 Å². The monoisotopic (exact) mass is 375 g/mol. The Labute approximate surface area is 155 Å². The molecule has 0 aliphatic carbocycles. The van der Waals surface area contributed by atoms with Crippen LogP contribution in [0.5, 0.6) is 0 Å². The van der Waals surface area contributed by atoms with E-state index in [1.807, 2.05) is 6.92 Å². The first-order valence-electron chi connectivity index (χ1n) is 8.90. The van der Waals surface area contributed by atoms with Crippen molar-refractivity contribution in [3.63, 3.8) is 0 Å². The van der Waals surface area contributed by atoms with Gasteiger partial charge in [-0.15, -0.1) is 0 Å². The first-order chi connectivity index (χ1) is 12.0. The molecule has 0 heterocycles. The zero-order valence-corrected chi connectivity index (χ0v) is 16.7. The Morgan fingerprint density at radius 2 is 1.81 bits per heavy atom. The summed E-state index contributed by atoms with van der Waals surface area (Å²) in [4.78, 5) is 35.6. The molecular weight excluding hydrogens is 342 g/mol. The second kappa shape index (κ2) is 11.7. The fourth-order valence-electron chi connectivity index (χ4n) is 2.19. The summed E-state index contributed by atoms with van der Waals surface area (Å²) in [6, 6.07) is -0.909. The molecule has 0 aliphatic rings. The Morgan fingerprint density at radius 1 is 1.19 bits per heavy atom. The Kier molecular flexibility index (Phi) is 10.9. The van der Waals surface area contributed by atoms with E-state index in [2.05, 4.69) is 5.32 Å². The molecule has 26 heavy (non-hydrogen) atoms. The smallest absolute Gasteiger partial charge is 0.408 e. The zero-order valence-electron chi connectivity index (χ0n) is 16.7. The Balaban J connectivity index is 5.01. The molecule has 152 valence electrons. The van der Waals surface area contributed by atoms with Crippen LogP contribution in [0.3, 0.4) is 0 Å². The summed E-state index contributed by atoms with van der Waals surface area (Å²) in [7, 11) is 1.54. The topological polar surface area (TPSA) is 111 Å². The highest BCUT2D eigenvalue weighted by atomic mass is 16.6. The molecule has 0 aromatic heterocycles. The van der Waals surface area contributed by atoms with Gasteiger partial charge in [-0.2, -0.15) is 0 Å². The quantitative estimate of drug-likeness (QED) is 0.422. The number of hydrogen-bond donors (Lipinski definition) is 2. The fourth-order valence-corrected chi connectivity index (χ4v) is 2.19. The highest BCUT2D eigenvalue weighted by molar-refractivity contribution is 5.82. The van der Waals surface area contributed by atoms with Crippen molar-refractivity contribution in [2.75, 3.05) is 13.7 Å². The molecule has 0 saturated carbocycles. The van der Waals surface area contributed by atoms with Crippen molar-refractivity contribution in [1.82, 2.24) is 5.32 Å². The Bertz CT molecular complexity index is 459. The number of methoxy groups -OCH3 is 1. The zero-order chi connectivity index (χ0) is 20.3. The van der Waals surface area contributed by atoms with E-state index < -0.39 is 35.8 Å². The van der Waals surface area contributed by atoms with Crippen LogP contribution >= 0.6 is 0 Å². The second-order valence-corrected chi connectivity index (χ2v) is 7.30. The van der Waals surface area contributed by atoms with Crippen LogP contribution in [0.25, 0.3) is 0 Å². The van der Waals surface area contributed by atoms with Gasteiger partial charge < -0.3 is 24.6 Å². The predicted molar refractivity (Wildman–Crippen MR) is 95.9 cm³/mol. The lowest BCUT2D eigenvalue weighted by Gasteiger charge is -2.27. The average Bonchev–Trinajstić information content (AvgIpc) is 2.49. The van der Waals surface area contributed by atoms with Crippen molar-refractivity contribution in [3.8, 4) is 0 Å². The molecule has 0 fully saturated rings. The van der Waals surface area contributed by atoms with Crippen LogP contribution in [0.1, 0.15) is 60.3 Å². The number of nitrogens with one attached hydrogen (secondary N) is 1. The summed E-state index contributed by atoms with van der Waals surface area (Å²) >= 11 is 0. The number of amides is 1. The van der Waals surface area contributed by atoms with E-state index in [1.165, 1.54) is 0 Å². The van der Waals surface area contributed by atoms with Gasteiger partial charge in [-0.1, -0.05) is 20.3 Å². The van der Waals surface area contributed by atoms with Crippen LogP contribution in [0.2, 0.25) is 0 Å². The van der Waals surface area contributed by atoms with Crippen molar-refractivity contribution in [3.05, 3.63) is 0 Å². The van der Waals surface area contributed by atoms with Crippen LogP contribution in [0, 0.1) is 5.92 Å². The molecule has 0 saturated heterocycles. The Morgan fingerprint density at radius 3 is 2.27 bits per heavy atom. The molecule has 0 aromatic rings. The van der Waals surface area contributed by atoms with Gasteiger partial charge in [0.25, 0.3) is 0 Å². The van der Waals surface area contributed by atoms with Gasteiger partial charge in [-0.25, -0.2) is 9.59 Å². The molecule has 1 unspecified atom stereocenters. The van der Waals surface area contributed by atoms with Gasteiger partial charge in [0, 0.05) is 13.7 Å². The minimum atomic E-state index is -1.06. The van der Waals surface area contributed by atoms with E-state index in [4.69, 9.17) is 19.3 Å². The van der Waals surface area contributed by atoms with Gasteiger partial charge >= 0.3 is 18.0 Å². The number of aliphatic carboxylic acids is 1. The molecular formula is C18H33NO7. The predicted octanol–water partition coefficient (Wildman–Crippen LogP) is 2.74. The van der Waals surface area contributed by atoms with Gasteiger partial charge in [-0.3, -0.25) is 4.79 Å². The van der Waals surface area contributed by atoms with Gasteiger partial charge in [0.05, 0.1) is 6.42 Å². The van der Waals surface area contributed by atoms with Crippen LogP contribution < -0.4 is 5.32 Å². The number of rotatable bonds is 11. The number of carbonyl (C=O) groups is 3. The molecule has 0 spiro atoms. The third-order valence-electron chi connectivity index (χ3n) is 3.70. The normalized spacial score (nSPS) is 14.8. The summed E-state index contributed by atoms with van der Waals surface area (Å²) in [5, 5.41) is 11.6. The van der Waals surface area contributed by atoms with E-state index >= 15 is 0 Å². The maximum absolute atomic E-state index is 12.6. The van der Waals surface area contributed by atoms with E-state index in [0.717, 1.165) is 0 Å².